The molecule has 0 unspecified atom stereocenters. The topological polar surface area (TPSA) is 91.3 Å². The van der Waals surface area contributed by atoms with E-state index in [0.29, 0.717) is 5.56 Å². The molecule has 0 saturated carbocycles. The van der Waals surface area contributed by atoms with Crippen molar-refractivity contribution in [3.8, 4) is 5.75 Å². The van der Waals surface area contributed by atoms with Crippen LogP contribution in [0.4, 0.5) is 0 Å². The van der Waals surface area contributed by atoms with Crippen LogP contribution in [0.1, 0.15) is 30.4 Å². The number of hydrogen-bond acceptors (Lipinski definition) is 5. The molecular weight excluding hydrogens is 270 g/mol. The normalized spacial score (nSPS) is 11.9. The first-order chi connectivity index (χ1) is 10.1. The maximum absolute atomic E-state index is 8.77. The number of nitrogens with two attached hydrogens (primary N) is 1. The molecule has 0 aliphatic heterocycles. The maximum atomic E-state index is 8.77. The minimum Gasteiger partial charge on any atom is -0.496 e. The highest BCUT2D eigenvalue weighted by atomic mass is 16.5. The van der Waals surface area contributed by atoms with Crippen LogP contribution in [0.2, 0.25) is 0 Å². The SMILES string of the molecule is COc1ccc(/C(N)=N/O)cc1CN(C)CCCCCO. The fraction of sp³-hybridized carbons (Fsp3) is 0.533. The largest absolute Gasteiger partial charge is 0.496 e. The highest BCUT2D eigenvalue weighted by molar-refractivity contribution is 5.97. The Kier molecular flexibility index (Phi) is 7.56. The Balaban J connectivity index is 2.71. The van der Waals surface area contributed by atoms with E-state index in [2.05, 4.69) is 10.1 Å². The first-order valence-electron chi connectivity index (χ1n) is 7.06. The predicted octanol–water partition coefficient (Wildman–Crippen LogP) is 1.38. The molecule has 0 radical (unpaired) electrons. The van der Waals surface area contributed by atoms with Gasteiger partial charge in [0.05, 0.1) is 7.11 Å². The fourth-order valence-corrected chi connectivity index (χ4v) is 2.16. The number of methoxy groups -OCH3 is 1. The summed E-state index contributed by atoms with van der Waals surface area (Å²) in [6.07, 6.45) is 2.90. The minimum atomic E-state index is 0.0875. The molecule has 0 fully saturated rings. The summed E-state index contributed by atoms with van der Waals surface area (Å²) >= 11 is 0. The van der Waals surface area contributed by atoms with Crippen LogP contribution >= 0.6 is 0 Å². The van der Waals surface area contributed by atoms with Gasteiger partial charge in [-0.1, -0.05) is 5.16 Å². The van der Waals surface area contributed by atoms with Crippen LogP contribution in [-0.4, -0.2) is 48.4 Å². The van der Waals surface area contributed by atoms with Crippen molar-refractivity contribution >= 4 is 5.84 Å². The number of unbranched alkanes of at least 4 members (excludes halogenated alkanes) is 2. The predicted molar refractivity (Wildman–Crippen MR) is 82.8 cm³/mol. The average molecular weight is 295 g/mol. The van der Waals surface area contributed by atoms with E-state index in [4.69, 9.17) is 20.8 Å². The number of hydrogen-bond donors (Lipinski definition) is 3. The van der Waals surface area contributed by atoms with Crippen molar-refractivity contribution < 1.29 is 15.1 Å². The van der Waals surface area contributed by atoms with E-state index in [-0.39, 0.29) is 12.4 Å². The van der Waals surface area contributed by atoms with E-state index in [1.54, 1.807) is 13.2 Å². The summed E-state index contributed by atoms with van der Waals surface area (Å²) in [5.41, 5.74) is 7.28. The van der Waals surface area contributed by atoms with Gasteiger partial charge in [-0.05, 0) is 51.1 Å². The summed E-state index contributed by atoms with van der Waals surface area (Å²) in [6, 6.07) is 5.46. The molecule has 118 valence electrons. The number of aliphatic hydroxyl groups excluding tert-OH is 1. The lowest BCUT2D eigenvalue weighted by Gasteiger charge is -2.19. The van der Waals surface area contributed by atoms with Gasteiger partial charge in [0.25, 0.3) is 0 Å². The van der Waals surface area contributed by atoms with Crippen molar-refractivity contribution in [1.29, 1.82) is 0 Å². The molecule has 4 N–H and O–H groups in total. The van der Waals surface area contributed by atoms with Crippen molar-refractivity contribution in [3.05, 3.63) is 29.3 Å². The first kappa shape index (κ1) is 17.3. The number of benzene rings is 1. The van der Waals surface area contributed by atoms with E-state index < -0.39 is 0 Å². The summed E-state index contributed by atoms with van der Waals surface area (Å²) < 4.78 is 5.35. The van der Waals surface area contributed by atoms with Gasteiger partial charge in [-0.3, -0.25) is 0 Å². The van der Waals surface area contributed by atoms with Crippen molar-refractivity contribution in [2.45, 2.75) is 25.8 Å². The van der Waals surface area contributed by atoms with Gasteiger partial charge in [0, 0.05) is 24.3 Å². The maximum Gasteiger partial charge on any atom is 0.170 e. The lowest BCUT2D eigenvalue weighted by Crippen LogP contribution is -2.20. The lowest BCUT2D eigenvalue weighted by atomic mass is 10.1. The molecule has 21 heavy (non-hydrogen) atoms. The third-order valence-corrected chi connectivity index (χ3v) is 3.32. The molecule has 0 amide bonds. The second kappa shape index (κ2) is 9.20. The van der Waals surface area contributed by atoms with Crippen molar-refractivity contribution in [1.82, 2.24) is 4.90 Å². The lowest BCUT2D eigenvalue weighted by molar-refractivity contribution is 0.270. The van der Waals surface area contributed by atoms with Gasteiger partial charge in [-0.25, -0.2) is 0 Å². The molecule has 1 rings (SSSR count). The van der Waals surface area contributed by atoms with Gasteiger partial charge in [0.15, 0.2) is 5.84 Å². The van der Waals surface area contributed by atoms with Crippen LogP contribution < -0.4 is 10.5 Å². The van der Waals surface area contributed by atoms with E-state index in [0.717, 1.165) is 43.7 Å². The van der Waals surface area contributed by atoms with Crippen LogP contribution in [0.3, 0.4) is 0 Å². The van der Waals surface area contributed by atoms with Gasteiger partial charge in [0.2, 0.25) is 0 Å². The fourth-order valence-electron chi connectivity index (χ4n) is 2.16. The second-order valence-corrected chi connectivity index (χ2v) is 5.03. The van der Waals surface area contributed by atoms with Crippen LogP contribution in [0, 0.1) is 0 Å². The Morgan fingerprint density at radius 2 is 2.10 bits per heavy atom. The van der Waals surface area contributed by atoms with Gasteiger partial charge in [-0.2, -0.15) is 0 Å². The molecule has 0 aliphatic carbocycles. The molecule has 0 spiro atoms. The van der Waals surface area contributed by atoms with E-state index in [1.165, 1.54) is 0 Å². The Hall–Kier alpha value is -1.79. The monoisotopic (exact) mass is 295 g/mol. The Morgan fingerprint density at radius 1 is 1.33 bits per heavy atom. The molecule has 0 bridgehead atoms. The zero-order valence-corrected chi connectivity index (χ0v) is 12.7. The summed E-state index contributed by atoms with van der Waals surface area (Å²) in [4.78, 5) is 2.19. The highest BCUT2D eigenvalue weighted by Crippen LogP contribution is 2.21. The minimum absolute atomic E-state index is 0.0875. The summed E-state index contributed by atoms with van der Waals surface area (Å²) in [6.45, 7) is 1.91. The first-order valence-corrected chi connectivity index (χ1v) is 7.06. The highest BCUT2D eigenvalue weighted by Gasteiger charge is 2.09. The molecule has 6 heteroatoms. The molecule has 1 aromatic rings. The Bertz CT molecular complexity index is 463. The van der Waals surface area contributed by atoms with Crippen LogP contribution in [-0.2, 0) is 6.54 Å². The van der Waals surface area contributed by atoms with Crippen LogP contribution in [0.15, 0.2) is 23.4 Å². The summed E-state index contributed by atoms with van der Waals surface area (Å²) in [7, 11) is 3.66. The van der Waals surface area contributed by atoms with E-state index >= 15 is 0 Å². The van der Waals surface area contributed by atoms with Gasteiger partial charge < -0.3 is 25.7 Å². The molecule has 0 aromatic heterocycles. The Labute approximate surface area is 125 Å². The van der Waals surface area contributed by atoms with E-state index in [9.17, 15) is 0 Å². The zero-order chi connectivity index (χ0) is 15.7. The number of ether oxygens (including phenoxy) is 1. The second-order valence-electron chi connectivity index (χ2n) is 5.03. The number of nitrogens with zero attached hydrogens (tertiary/aromatic N) is 2. The third-order valence-electron chi connectivity index (χ3n) is 3.32. The molecule has 0 saturated heterocycles. The molecule has 1 aromatic carbocycles. The zero-order valence-electron chi connectivity index (χ0n) is 12.7. The smallest absolute Gasteiger partial charge is 0.170 e. The van der Waals surface area contributed by atoms with Gasteiger partial charge in [-0.15, -0.1) is 0 Å². The van der Waals surface area contributed by atoms with Crippen LogP contribution in [0.25, 0.3) is 0 Å². The van der Waals surface area contributed by atoms with Crippen molar-refractivity contribution in [2.24, 2.45) is 10.9 Å². The molecule has 0 heterocycles. The van der Waals surface area contributed by atoms with Crippen LogP contribution in [0.5, 0.6) is 5.75 Å². The summed E-state index contributed by atoms with van der Waals surface area (Å²) in [5, 5.41) is 20.5. The average Bonchev–Trinajstić information content (AvgIpc) is 2.50. The van der Waals surface area contributed by atoms with Gasteiger partial charge >= 0.3 is 0 Å². The Morgan fingerprint density at radius 3 is 2.71 bits per heavy atom. The number of amidine groups is 1. The molecular formula is C15H25N3O3. The third kappa shape index (κ3) is 5.61. The number of aliphatic hydroxyl groups is 1. The standard InChI is InChI=1S/C15H25N3O3/c1-18(8-4-3-5-9-19)11-13-10-12(15(16)17-20)6-7-14(13)21-2/h6-7,10,19-20H,3-5,8-9,11H2,1-2H3,(H2,16,17). The van der Waals surface area contributed by atoms with Gasteiger partial charge in [0.1, 0.15) is 5.75 Å². The number of rotatable bonds is 9. The molecule has 0 aliphatic rings. The van der Waals surface area contributed by atoms with Crippen molar-refractivity contribution in [3.63, 3.8) is 0 Å². The molecule has 6 nitrogen and oxygen atoms in total. The summed E-state index contributed by atoms with van der Waals surface area (Å²) in [5.74, 6) is 0.871. The van der Waals surface area contributed by atoms with Crippen molar-refractivity contribution in [2.75, 3.05) is 27.3 Å². The molecule has 0 atom stereocenters. The number of oxime groups is 1. The quantitative estimate of drug-likeness (QED) is 0.210. The van der Waals surface area contributed by atoms with E-state index in [1.807, 2.05) is 19.2 Å².